The number of rotatable bonds is 5. The van der Waals surface area contributed by atoms with Gasteiger partial charge in [-0.05, 0) is 44.4 Å². The third-order valence-electron chi connectivity index (χ3n) is 3.58. The molecule has 2 heterocycles. The number of nitrogens with zero attached hydrogens (tertiary/aromatic N) is 2. The first kappa shape index (κ1) is 17.4. The minimum atomic E-state index is -0.492. The Hall–Kier alpha value is -2.47. The monoisotopic (exact) mass is 355 g/mol. The Bertz CT molecular complexity index is 870. The van der Waals surface area contributed by atoms with Gasteiger partial charge in [-0.1, -0.05) is 18.2 Å². The number of esters is 1. The van der Waals surface area contributed by atoms with Crippen LogP contribution in [0.15, 0.2) is 41.8 Å². The molecule has 0 saturated heterocycles. The smallest absolute Gasteiger partial charge is 0.311 e. The van der Waals surface area contributed by atoms with Crippen LogP contribution in [-0.4, -0.2) is 29.1 Å². The fourth-order valence-corrected chi connectivity index (χ4v) is 2.91. The van der Waals surface area contributed by atoms with Crippen molar-refractivity contribution in [1.82, 2.24) is 9.97 Å². The van der Waals surface area contributed by atoms with Gasteiger partial charge in [0.2, 0.25) is 0 Å². The topological polar surface area (TPSA) is 64.1 Å². The van der Waals surface area contributed by atoms with Crippen LogP contribution in [0, 0.1) is 5.41 Å². The molecule has 0 atom stereocenters. The molecule has 0 unspecified atom stereocenters. The number of ether oxygens (including phenoxy) is 1. The van der Waals surface area contributed by atoms with Crippen molar-refractivity contribution in [3.63, 3.8) is 0 Å². The first-order chi connectivity index (χ1) is 11.9. The molecule has 0 saturated carbocycles. The highest BCUT2D eigenvalue weighted by molar-refractivity contribution is 7.13. The van der Waals surface area contributed by atoms with Crippen molar-refractivity contribution < 1.29 is 9.53 Å². The summed E-state index contributed by atoms with van der Waals surface area (Å²) in [7, 11) is 0. The molecule has 5 nitrogen and oxygen atoms in total. The van der Waals surface area contributed by atoms with Gasteiger partial charge in [-0.15, -0.1) is 11.3 Å². The summed E-state index contributed by atoms with van der Waals surface area (Å²) in [6.07, 6.45) is 0. The fraction of sp³-hybridized carbons (Fsp3) is 0.316. The highest BCUT2D eigenvalue weighted by atomic mass is 32.1. The average molecular weight is 355 g/mol. The van der Waals surface area contributed by atoms with Crippen molar-refractivity contribution in [1.29, 1.82) is 0 Å². The number of hydrogen-bond acceptors (Lipinski definition) is 6. The Labute approximate surface area is 151 Å². The van der Waals surface area contributed by atoms with Gasteiger partial charge in [0.15, 0.2) is 5.82 Å². The Morgan fingerprint density at radius 1 is 1.16 bits per heavy atom. The van der Waals surface area contributed by atoms with Crippen LogP contribution in [0.2, 0.25) is 0 Å². The van der Waals surface area contributed by atoms with Crippen LogP contribution in [0.1, 0.15) is 20.8 Å². The summed E-state index contributed by atoms with van der Waals surface area (Å²) in [5.41, 5.74) is 0.392. The summed E-state index contributed by atoms with van der Waals surface area (Å²) in [6, 6.07) is 11.9. The minimum absolute atomic E-state index is 0.207. The lowest BCUT2D eigenvalue weighted by Gasteiger charge is -2.17. The van der Waals surface area contributed by atoms with Crippen LogP contribution in [0.3, 0.4) is 0 Å². The van der Waals surface area contributed by atoms with Crippen molar-refractivity contribution in [2.45, 2.75) is 20.8 Å². The number of hydrogen-bond donors (Lipinski definition) is 1. The molecule has 1 aromatic carbocycles. The van der Waals surface area contributed by atoms with Crippen LogP contribution in [0.25, 0.3) is 21.6 Å². The van der Waals surface area contributed by atoms with E-state index >= 15 is 0 Å². The molecule has 0 aliphatic heterocycles. The van der Waals surface area contributed by atoms with Crippen molar-refractivity contribution in [3.8, 4) is 10.7 Å². The van der Waals surface area contributed by atoms with E-state index in [9.17, 15) is 4.79 Å². The summed E-state index contributed by atoms with van der Waals surface area (Å²) in [6.45, 7) is 6.31. The normalized spacial score (nSPS) is 11.5. The van der Waals surface area contributed by atoms with Crippen molar-refractivity contribution in [2.75, 3.05) is 18.5 Å². The van der Waals surface area contributed by atoms with Gasteiger partial charge in [0.1, 0.15) is 12.4 Å². The first-order valence-corrected chi connectivity index (χ1v) is 9.05. The Morgan fingerprint density at radius 3 is 2.68 bits per heavy atom. The highest BCUT2D eigenvalue weighted by Gasteiger charge is 2.22. The second-order valence-electron chi connectivity index (χ2n) is 6.70. The van der Waals surface area contributed by atoms with Crippen LogP contribution >= 0.6 is 11.3 Å². The summed E-state index contributed by atoms with van der Waals surface area (Å²) in [5, 5.41) is 6.23. The number of carbonyl (C=O) groups excluding carboxylic acids is 1. The van der Waals surface area contributed by atoms with Gasteiger partial charge in [-0.25, -0.2) is 9.97 Å². The molecule has 0 bridgehead atoms. The maximum absolute atomic E-state index is 11.8. The predicted octanol–water partition coefficient (Wildman–Crippen LogP) is 4.36. The SMILES string of the molecule is CC(C)(C)C(=O)OCCNc1nc(-c2cccs2)nc2ccccc12. The number of aromatic nitrogens is 2. The molecule has 6 heteroatoms. The van der Waals surface area contributed by atoms with Crippen LogP contribution in [-0.2, 0) is 9.53 Å². The lowest BCUT2D eigenvalue weighted by atomic mass is 9.97. The molecule has 2 aromatic heterocycles. The zero-order valence-corrected chi connectivity index (χ0v) is 15.4. The maximum atomic E-state index is 11.8. The van der Waals surface area contributed by atoms with Crippen molar-refractivity contribution in [2.24, 2.45) is 5.41 Å². The van der Waals surface area contributed by atoms with Gasteiger partial charge < -0.3 is 10.1 Å². The molecule has 3 rings (SSSR count). The quantitative estimate of drug-likeness (QED) is 0.544. The second-order valence-corrected chi connectivity index (χ2v) is 7.65. The molecule has 25 heavy (non-hydrogen) atoms. The van der Waals surface area contributed by atoms with E-state index in [1.54, 1.807) is 11.3 Å². The van der Waals surface area contributed by atoms with E-state index < -0.39 is 5.41 Å². The summed E-state index contributed by atoms with van der Waals surface area (Å²) in [4.78, 5) is 22.1. The Kier molecular flexibility index (Phi) is 4.99. The number of benzene rings is 1. The molecule has 0 spiro atoms. The maximum Gasteiger partial charge on any atom is 0.311 e. The summed E-state index contributed by atoms with van der Waals surface area (Å²) >= 11 is 1.61. The summed E-state index contributed by atoms with van der Waals surface area (Å²) < 4.78 is 5.30. The van der Waals surface area contributed by atoms with E-state index in [0.29, 0.717) is 19.0 Å². The van der Waals surface area contributed by atoms with E-state index in [1.807, 2.05) is 62.5 Å². The summed E-state index contributed by atoms with van der Waals surface area (Å²) in [5.74, 6) is 1.24. The van der Waals surface area contributed by atoms with E-state index in [-0.39, 0.29) is 5.97 Å². The predicted molar refractivity (Wildman–Crippen MR) is 102 cm³/mol. The lowest BCUT2D eigenvalue weighted by Crippen LogP contribution is -2.25. The highest BCUT2D eigenvalue weighted by Crippen LogP contribution is 2.27. The third-order valence-corrected chi connectivity index (χ3v) is 4.45. The molecule has 130 valence electrons. The van der Waals surface area contributed by atoms with Gasteiger partial charge in [-0.2, -0.15) is 0 Å². The Balaban J connectivity index is 1.77. The van der Waals surface area contributed by atoms with Gasteiger partial charge in [-0.3, -0.25) is 4.79 Å². The third kappa shape index (κ3) is 4.14. The number of fused-ring (bicyclic) bond motifs is 1. The van der Waals surface area contributed by atoms with E-state index in [2.05, 4.69) is 15.3 Å². The zero-order chi connectivity index (χ0) is 17.9. The second kappa shape index (κ2) is 7.19. The lowest BCUT2D eigenvalue weighted by molar-refractivity contribution is -0.152. The molecule has 0 fully saturated rings. The molecular formula is C19H21N3O2S. The van der Waals surface area contributed by atoms with Gasteiger partial charge in [0, 0.05) is 5.39 Å². The molecule has 0 aliphatic rings. The molecule has 1 N–H and O–H groups in total. The average Bonchev–Trinajstić information content (AvgIpc) is 3.12. The molecule has 0 aliphatic carbocycles. The largest absolute Gasteiger partial charge is 0.463 e. The van der Waals surface area contributed by atoms with Crippen LogP contribution < -0.4 is 5.32 Å². The fourth-order valence-electron chi connectivity index (χ4n) is 2.26. The van der Waals surface area contributed by atoms with Crippen molar-refractivity contribution in [3.05, 3.63) is 41.8 Å². The molecule has 0 radical (unpaired) electrons. The van der Waals surface area contributed by atoms with Crippen LogP contribution in [0.5, 0.6) is 0 Å². The Morgan fingerprint density at radius 2 is 1.96 bits per heavy atom. The van der Waals surface area contributed by atoms with Crippen molar-refractivity contribution >= 4 is 34.0 Å². The number of thiophene rings is 1. The van der Waals surface area contributed by atoms with Gasteiger partial charge >= 0.3 is 5.97 Å². The standard InChI is InChI=1S/C19H21N3O2S/c1-19(2,3)18(23)24-11-10-20-16-13-7-4-5-8-14(13)21-17(22-16)15-9-6-12-25-15/h4-9,12H,10-11H2,1-3H3,(H,20,21,22). The minimum Gasteiger partial charge on any atom is -0.463 e. The molecular weight excluding hydrogens is 334 g/mol. The van der Waals surface area contributed by atoms with Gasteiger partial charge in [0.25, 0.3) is 0 Å². The van der Waals surface area contributed by atoms with Crippen LogP contribution in [0.4, 0.5) is 5.82 Å². The number of carbonyl (C=O) groups is 1. The first-order valence-electron chi connectivity index (χ1n) is 8.17. The number of nitrogens with one attached hydrogen (secondary N) is 1. The zero-order valence-electron chi connectivity index (χ0n) is 14.6. The molecule has 3 aromatic rings. The van der Waals surface area contributed by atoms with E-state index in [0.717, 1.165) is 21.6 Å². The van der Waals surface area contributed by atoms with E-state index in [1.165, 1.54) is 0 Å². The van der Waals surface area contributed by atoms with E-state index in [4.69, 9.17) is 4.74 Å². The molecule has 0 amide bonds. The number of para-hydroxylation sites is 1. The number of anilines is 1. The van der Waals surface area contributed by atoms with Gasteiger partial charge in [0.05, 0.1) is 22.4 Å².